The quantitative estimate of drug-likeness (QED) is 0.761. The molecule has 2 rings (SSSR count). The van der Waals surface area contributed by atoms with E-state index in [0.29, 0.717) is 12.6 Å². The highest BCUT2D eigenvalue weighted by atomic mass is 16.5. The Balaban J connectivity index is 1.83. The molecule has 5 heteroatoms. The number of nitrogens with zero attached hydrogens (tertiary/aromatic N) is 3. The van der Waals surface area contributed by atoms with Crippen LogP contribution in [-0.4, -0.2) is 34.2 Å². The maximum Gasteiger partial charge on any atom is 0.0827 e. The molecule has 84 valence electrons. The van der Waals surface area contributed by atoms with E-state index in [9.17, 15) is 0 Å². The molecule has 1 aromatic heterocycles. The second-order valence-electron chi connectivity index (χ2n) is 3.96. The fourth-order valence-electron chi connectivity index (χ4n) is 1.82. The molecule has 0 aromatic carbocycles. The zero-order chi connectivity index (χ0) is 10.5. The first-order valence-corrected chi connectivity index (χ1v) is 5.59. The van der Waals surface area contributed by atoms with Gasteiger partial charge in [-0.3, -0.25) is 0 Å². The number of aromatic nitrogens is 3. The summed E-state index contributed by atoms with van der Waals surface area (Å²) >= 11 is 0. The van der Waals surface area contributed by atoms with Crippen molar-refractivity contribution < 1.29 is 4.74 Å². The topological polar surface area (TPSA) is 66.0 Å². The number of hydrogen-bond donors (Lipinski definition) is 1. The highest BCUT2D eigenvalue weighted by Gasteiger charge is 2.16. The zero-order valence-corrected chi connectivity index (χ0v) is 8.93. The van der Waals surface area contributed by atoms with Crippen molar-refractivity contribution in [3.05, 3.63) is 11.9 Å². The molecule has 15 heavy (non-hydrogen) atoms. The van der Waals surface area contributed by atoms with Gasteiger partial charge in [0.1, 0.15) is 0 Å². The van der Waals surface area contributed by atoms with E-state index in [1.165, 1.54) is 6.42 Å². The molecule has 0 amide bonds. The lowest BCUT2D eigenvalue weighted by Gasteiger charge is -2.07. The predicted octanol–water partition coefficient (Wildman–Crippen LogP) is 0.348. The Kier molecular flexibility index (Phi) is 3.69. The summed E-state index contributed by atoms with van der Waals surface area (Å²) in [4.78, 5) is 0. The van der Waals surface area contributed by atoms with Crippen molar-refractivity contribution in [2.24, 2.45) is 5.73 Å². The molecule has 0 radical (unpaired) electrons. The van der Waals surface area contributed by atoms with Crippen molar-refractivity contribution in [1.82, 2.24) is 15.0 Å². The van der Waals surface area contributed by atoms with Crippen LogP contribution in [0.5, 0.6) is 0 Å². The van der Waals surface area contributed by atoms with E-state index in [0.717, 1.165) is 38.1 Å². The molecule has 0 aliphatic carbocycles. The molecule has 1 atom stereocenters. The Morgan fingerprint density at radius 1 is 1.60 bits per heavy atom. The normalized spacial score (nSPS) is 21.0. The lowest BCUT2D eigenvalue weighted by atomic mass is 10.2. The summed E-state index contributed by atoms with van der Waals surface area (Å²) in [7, 11) is 0. The third-order valence-electron chi connectivity index (χ3n) is 2.64. The lowest BCUT2D eigenvalue weighted by Crippen LogP contribution is -2.15. The summed E-state index contributed by atoms with van der Waals surface area (Å²) in [5.74, 6) is 0. The first-order valence-electron chi connectivity index (χ1n) is 5.59. The fourth-order valence-corrected chi connectivity index (χ4v) is 1.82. The van der Waals surface area contributed by atoms with E-state index in [1.54, 1.807) is 0 Å². The Labute approximate surface area is 89.6 Å². The second kappa shape index (κ2) is 5.23. The minimum atomic E-state index is 0.328. The molecule has 0 spiro atoms. The SMILES string of the molecule is NCCCc1cn(CC2CCCO2)nn1. The van der Waals surface area contributed by atoms with Gasteiger partial charge in [0.05, 0.1) is 18.3 Å². The van der Waals surface area contributed by atoms with Gasteiger partial charge in [0, 0.05) is 12.8 Å². The summed E-state index contributed by atoms with van der Waals surface area (Å²) in [5.41, 5.74) is 6.47. The first kappa shape index (κ1) is 10.6. The zero-order valence-electron chi connectivity index (χ0n) is 8.93. The molecule has 1 saturated heterocycles. The smallest absolute Gasteiger partial charge is 0.0827 e. The third kappa shape index (κ3) is 3.00. The molecule has 1 aliphatic rings. The molecule has 1 aromatic rings. The van der Waals surface area contributed by atoms with Gasteiger partial charge < -0.3 is 10.5 Å². The maximum absolute atomic E-state index is 5.54. The van der Waals surface area contributed by atoms with Crippen molar-refractivity contribution in [3.63, 3.8) is 0 Å². The highest BCUT2D eigenvalue weighted by Crippen LogP contribution is 2.13. The van der Waals surface area contributed by atoms with E-state index >= 15 is 0 Å². The van der Waals surface area contributed by atoms with E-state index < -0.39 is 0 Å². The molecule has 2 heterocycles. The van der Waals surface area contributed by atoms with Crippen LogP contribution in [0.3, 0.4) is 0 Å². The van der Waals surface area contributed by atoms with Gasteiger partial charge in [-0.25, -0.2) is 4.68 Å². The molecular formula is C10H18N4O. The third-order valence-corrected chi connectivity index (χ3v) is 2.64. The van der Waals surface area contributed by atoms with Gasteiger partial charge in [0.15, 0.2) is 0 Å². The number of hydrogen-bond acceptors (Lipinski definition) is 4. The van der Waals surface area contributed by atoms with Crippen molar-refractivity contribution in [1.29, 1.82) is 0 Å². The van der Waals surface area contributed by atoms with E-state index in [1.807, 2.05) is 10.9 Å². The van der Waals surface area contributed by atoms with Crippen LogP contribution >= 0.6 is 0 Å². The Hall–Kier alpha value is -0.940. The highest BCUT2D eigenvalue weighted by molar-refractivity contribution is 4.92. The standard InChI is InChI=1S/C10H18N4O/c11-5-1-3-9-7-14(13-12-9)8-10-4-2-6-15-10/h7,10H,1-6,8,11H2. The van der Waals surface area contributed by atoms with Gasteiger partial charge in [-0.2, -0.15) is 0 Å². The second-order valence-corrected chi connectivity index (χ2v) is 3.96. The van der Waals surface area contributed by atoms with Crippen molar-refractivity contribution in [2.45, 2.75) is 38.3 Å². The molecular weight excluding hydrogens is 192 g/mol. The predicted molar refractivity (Wildman–Crippen MR) is 56.4 cm³/mol. The summed E-state index contributed by atoms with van der Waals surface area (Å²) in [6.07, 6.45) is 6.52. The molecule has 0 bridgehead atoms. The van der Waals surface area contributed by atoms with Gasteiger partial charge in [-0.15, -0.1) is 5.10 Å². The number of ether oxygens (including phenoxy) is 1. The van der Waals surface area contributed by atoms with Crippen LogP contribution in [-0.2, 0) is 17.7 Å². The molecule has 2 N–H and O–H groups in total. The van der Waals surface area contributed by atoms with E-state index in [4.69, 9.17) is 10.5 Å². The Bertz CT molecular complexity index is 293. The lowest BCUT2D eigenvalue weighted by molar-refractivity contribution is 0.0935. The largest absolute Gasteiger partial charge is 0.376 e. The van der Waals surface area contributed by atoms with Crippen LogP contribution in [0.15, 0.2) is 6.20 Å². The molecule has 1 aliphatic heterocycles. The average Bonchev–Trinajstić information content (AvgIpc) is 2.87. The van der Waals surface area contributed by atoms with Crippen molar-refractivity contribution >= 4 is 0 Å². The van der Waals surface area contributed by atoms with E-state index in [-0.39, 0.29) is 0 Å². The van der Waals surface area contributed by atoms with Crippen LogP contribution in [0.4, 0.5) is 0 Å². The fraction of sp³-hybridized carbons (Fsp3) is 0.800. The van der Waals surface area contributed by atoms with Gasteiger partial charge >= 0.3 is 0 Å². The van der Waals surface area contributed by atoms with Gasteiger partial charge in [0.25, 0.3) is 0 Å². The van der Waals surface area contributed by atoms with Crippen LogP contribution in [0, 0.1) is 0 Å². The van der Waals surface area contributed by atoms with E-state index in [2.05, 4.69) is 10.3 Å². The minimum absolute atomic E-state index is 0.328. The summed E-state index contributed by atoms with van der Waals surface area (Å²) < 4.78 is 7.42. The first-order chi connectivity index (χ1) is 7.38. The summed E-state index contributed by atoms with van der Waals surface area (Å²) in [5, 5.41) is 8.18. The molecule has 1 unspecified atom stereocenters. The Morgan fingerprint density at radius 2 is 2.53 bits per heavy atom. The maximum atomic E-state index is 5.54. The number of aryl methyl sites for hydroxylation is 1. The molecule has 1 fully saturated rings. The van der Waals surface area contributed by atoms with Crippen molar-refractivity contribution in [3.8, 4) is 0 Å². The molecule has 5 nitrogen and oxygen atoms in total. The van der Waals surface area contributed by atoms with Gasteiger partial charge in [-0.1, -0.05) is 5.21 Å². The average molecular weight is 210 g/mol. The minimum Gasteiger partial charge on any atom is -0.376 e. The summed E-state index contributed by atoms with van der Waals surface area (Å²) in [6.45, 7) is 2.42. The monoisotopic (exact) mass is 210 g/mol. The van der Waals surface area contributed by atoms with Crippen LogP contribution in [0.1, 0.15) is 25.0 Å². The Morgan fingerprint density at radius 3 is 3.27 bits per heavy atom. The number of nitrogens with two attached hydrogens (primary N) is 1. The molecule has 0 saturated carbocycles. The number of rotatable bonds is 5. The van der Waals surface area contributed by atoms with Gasteiger partial charge in [-0.05, 0) is 32.2 Å². The van der Waals surface area contributed by atoms with Gasteiger partial charge in [0.2, 0.25) is 0 Å². The van der Waals surface area contributed by atoms with Crippen LogP contribution in [0.2, 0.25) is 0 Å². The summed E-state index contributed by atoms with van der Waals surface area (Å²) in [6, 6.07) is 0. The van der Waals surface area contributed by atoms with Crippen molar-refractivity contribution in [2.75, 3.05) is 13.2 Å². The van der Waals surface area contributed by atoms with Crippen LogP contribution < -0.4 is 5.73 Å². The van der Waals surface area contributed by atoms with Crippen LogP contribution in [0.25, 0.3) is 0 Å².